The molecule has 1 aliphatic rings. The molecule has 0 bridgehead atoms. The molecule has 4 rings (SSSR count). The highest BCUT2D eigenvalue weighted by atomic mass is 32.2. The molecule has 0 spiro atoms. The third kappa shape index (κ3) is 2.39. The Labute approximate surface area is 134 Å². The summed E-state index contributed by atoms with van der Waals surface area (Å²) in [4.78, 5) is 0. The van der Waals surface area contributed by atoms with Crippen molar-refractivity contribution in [2.75, 3.05) is 10.8 Å². The van der Waals surface area contributed by atoms with Crippen molar-refractivity contribution in [1.29, 1.82) is 0 Å². The fourth-order valence-corrected chi connectivity index (χ4v) is 4.59. The molecule has 0 saturated carbocycles. The highest BCUT2D eigenvalue weighted by Crippen LogP contribution is 2.32. The van der Waals surface area contributed by atoms with Crippen molar-refractivity contribution in [3.8, 4) is 0 Å². The lowest BCUT2D eigenvalue weighted by atomic mass is 10.1. The lowest BCUT2D eigenvalue weighted by molar-refractivity contribution is 0.448. The van der Waals surface area contributed by atoms with Crippen molar-refractivity contribution in [2.45, 2.75) is 19.1 Å². The number of aromatic nitrogens is 1. The van der Waals surface area contributed by atoms with Gasteiger partial charge in [0, 0.05) is 11.9 Å². The summed E-state index contributed by atoms with van der Waals surface area (Å²) < 4.78 is 32.4. The van der Waals surface area contributed by atoms with E-state index in [0.29, 0.717) is 17.8 Å². The molecule has 0 amide bonds. The van der Waals surface area contributed by atoms with Gasteiger partial charge in [-0.1, -0.05) is 29.4 Å². The molecule has 2 aromatic carbocycles. The summed E-state index contributed by atoms with van der Waals surface area (Å²) in [5.74, 6) is -0.155. The molecule has 118 valence electrons. The zero-order chi connectivity index (χ0) is 16.0. The summed E-state index contributed by atoms with van der Waals surface area (Å²) in [7, 11) is -3.49. The van der Waals surface area contributed by atoms with Crippen LogP contribution in [0.3, 0.4) is 0 Å². The van der Waals surface area contributed by atoms with Crippen molar-refractivity contribution in [3.63, 3.8) is 0 Å². The Bertz CT molecular complexity index is 992. The Morgan fingerprint density at radius 1 is 1.22 bits per heavy atom. The lowest BCUT2D eigenvalue weighted by Gasteiger charge is -2.19. The molecule has 5 nitrogen and oxygen atoms in total. The Balaban J connectivity index is 1.71. The first kappa shape index (κ1) is 14.3. The molecular formula is C17H16N2O3S. The highest BCUT2D eigenvalue weighted by Gasteiger charge is 2.30. The fraction of sp³-hybridized carbons (Fsp3) is 0.235. The first-order chi connectivity index (χ1) is 11.0. The lowest BCUT2D eigenvalue weighted by Crippen LogP contribution is -2.30. The first-order valence-corrected chi connectivity index (χ1v) is 9.09. The highest BCUT2D eigenvalue weighted by molar-refractivity contribution is 7.92. The number of hydrogen-bond donors (Lipinski definition) is 0. The van der Waals surface area contributed by atoms with E-state index in [9.17, 15) is 8.42 Å². The van der Waals surface area contributed by atoms with Crippen molar-refractivity contribution in [3.05, 3.63) is 59.3 Å². The van der Waals surface area contributed by atoms with Gasteiger partial charge in [-0.05, 0) is 42.7 Å². The fourth-order valence-electron chi connectivity index (χ4n) is 3.04. The molecule has 0 unspecified atom stereocenters. The number of rotatable bonds is 3. The van der Waals surface area contributed by atoms with Gasteiger partial charge in [0.15, 0.2) is 5.58 Å². The van der Waals surface area contributed by atoms with Gasteiger partial charge in [0.05, 0.1) is 5.69 Å². The van der Waals surface area contributed by atoms with E-state index in [-0.39, 0.29) is 5.75 Å². The molecule has 0 saturated heterocycles. The normalized spacial score (nSPS) is 14.4. The van der Waals surface area contributed by atoms with E-state index >= 15 is 0 Å². The summed E-state index contributed by atoms with van der Waals surface area (Å²) >= 11 is 0. The summed E-state index contributed by atoms with van der Waals surface area (Å²) in [5, 5.41) is 4.69. The predicted molar refractivity (Wildman–Crippen MR) is 88.9 cm³/mol. The van der Waals surface area contributed by atoms with Gasteiger partial charge in [-0.3, -0.25) is 4.31 Å². The summed E-state index contributed by atoms with van der Waals surface area (Å²) in [5.41, 5.74) is 3.98. The number of anilines is 1. The molecule has 0 aliphatic carbocycles. The van der Waals surface area contributed by atoms with E-state index in [1.165, 1.54) is 4.31 Å². The van der Waals surface area contributed by atoms with Gasteiger partial charge >= 0.3 is 0 Å². The van der Waals surface area contributed by atoms with E-state index < -0.39 is 10.0 Å². The van der Waals surface area contributed by atoms with E-state index in [2.05, 4.69) is 5.16 Å². The Hall–Kier alpha value is -2.34. The van der Waals surface area contributed by atoms with Gasteiger partial charge in [-0.25, -0.2) is 8.42 Å². The largest absolute Gasteiger partial charge is 0.356 e. The van der Waals surface area contributed by atoms with Gasteiger partial charge in [-0.2, -0.15) is 0 Å². The number of benzene rings is 2. The Morgan fingerprint density at radius 2 is 2.04 bits per heavy atom. The van der Waals surface area contributed by atoms with Gasteiger partial charge in [-0.15, -0.1) is 0 Å². The van der Waals surface area contributed by atoms with Crippen LogP contribution in [0.25, 0.3) is 11.0 Å². The predicted octanol–water partition coefficient (Wildman–Crippen LogP) is 3.03. The molecule has 3 aromatic rings. The number of sulfonamides is 1. The van der Waals surface area contributed by atoms with Crippen LogP contribution in [0, 0.1) is 6.92 Å². The zero-order valence-electron chi connectivity index (χ0n) is 12.7. The number of nitrogens with zero attached hydrogens (tertiary/aromatic N) is 2. The average Bonchev–Trinajstić information content (AvgIpc) is 3.11. The minimum absolute atomic E-state index is 0.155. The van der Waals surface area contributed by atoms with Crippen LogP contribution in [0.1, 0.15) is 16.8 Å². The third-order valence-electron chi connectivity index (χ3n) is 4.20. The monoisotopic (exact) mass is 328 g/mol. The maximum Gasteiger partial charge on any atom is 0.241 e. The van der Waals surface area contributed by atoms with Crippen molar-refractivity contribution in [1.82, 2.24) is 5.16 Å². The minimum atomic E-state index is -3.49. The van der Waals surface area contributed by atoms with Crippen LogP contribution in [0.15, 0.2) is 47.0 Å². The molecule has 6 heteroatoms. The maximum atomic E-state index is 12.9. The van der Waals surface area contributed by atoms with Crippen LogP contribution in [0.2, 0.25) is 0 Å². The van der Waals surface area contributed by atoms with Crippen LogP contribution in [0.4, 0.5) is 5.69 Å². The van der Waals surface area contributed by atoms with E-state index in [4.69, 9.17) is 4.52 Å². The van der Waals surface area contributed by atoms with Gasteiger partial charge in [0.1, 0.15) is 11.4 Å². The molecule has 1 aromatic heterocycles. The van der Waals surface area contributed by atoms with E-state index in [1.54, 1.807) is 6.07 Å². The standard InChI is InChI=1S/C17H16N2O3S/c1-12-6-7-13-8-9-19(16(13)10-12)23(20,21)11-15-14-4-2-3-5-17(14)22-18-15/h2-7,10H,8-9,11H2,1H3. The number of fused-ring (bicyclic) bond motifs is 2. The molecule has 0 atom stereocenters. The van der Waals surface area contributed by atoms with Crippen LogP contribution < -0.4 is 4.31 Å². The number of para-hydroxylation sites is 1. The van der Waals surface area contributed by atoms with Crippen molar-refractivity contribution >= 4 is 26.7 Å². The van der Waals surface area contributed by atoms with Crippen molar-refractivity contribution in [2.24, 2.45) is 0 Å². The van der Waals surface area contributed by atoms with Gasteiger partial charge < -0.3 is 4.52 Å². The summed E-state index contributed by atoms with van der Waals surface area (Å²) in [6.07, 6.45) is 0.744. The van der Waals surface area contributed by atoms with Crippen LogP contribution >= 0.6 is 0 Å². The Morgan fingerprint density at radius 3 is 2.91 bits per heavy atom. The number of hydrogen-bond acceptors (Lipinski definition) is 4. The maximum absolute atomic E-state index is 12.9. The van der Waals surface area contributed by atoms with E-state index in [0.717, 1.165) is 28.6 Å². The molecule has 2 heterocycles. The summed E-state index contributed by atoms with van der Waals surface area (Å²) in [6, 6.07) is 13.3. The average molecular weight is 328 g/mol. The van der Waals surface area contributed by atoms with Gasteiger partial charge in [0.25, 0.3) is 0 Å². The summed E-state index contributed by atoms with van der Waals surface area (Å²) in [6.45, 7) is 2.45. The Kier molecular flexibility index (Phi) is 3.16. The number of aryl methyl sites for hydroxylation is 1. The topological polar surface area (TPSA) is 63.4 Å². The molecule has 0 N–H and O–H groups in total. The van der Waals surface area contributed by atoms with Gasteiger partial charge in [0.2, 0.25) is 10.0 Å². The van der Waals surface area contributed by atoms with Crippen LogP contribution in [-0.2, 0) is 22.2 Å². The SMILES string of the molecule is Cc1ccc2c(c1)N(S(=O)(=O)Cc1noc3ccccc13)CC2. The first-order valence-electron chi connectivity index (χ1n) is 7.48. The van der Waals surface area contributed by atoms with Crippen molar-refractivity contribution < 1.29 is 12.9 Å². The molecule has 0 fully saturated rings. The second-order valence-corrected chi connectivity index (χ2v) is 7.73. The smallest absolute Gasteiger partial charge is 0.241 e. The molecular weight excluding hydrogens is 312 g/mol. The second kappa shape index (κ2) is 5.09. The molecule has 23 heavy (non-hydrogen) atoms. The van der Waals surface area contributed by atoms with E-state index in [1.807, 2.05) is 43.3 Å². The minimum Gasteiger partial charge on any atom is -0.356 e. The quantitative estimate of drug-likeness (QED) is 0.741. The molecule has 1 aliphatic heterocycles. The molecule has 0 radical (unpaired) electrons. The van der Waals surface area contributed by atoms with Crippen LogP contribution in [-0.4, -0.2) is 20.1 Å². The van der Waals surface area contributed by atoms with Crippen LogP contribution in [0.5, 0.6) is 0 Å². The third-order valence-corrected chi connectivity index (χ3v) is 5.89. The second-order valence-electron chi connectivity index (χ2n) is 5.84. The zero-order valence-corrected chi connectivity index (χ0v) is 13.5.